The van der Waals surface area contributed by atoms with Gasteiger partial charge in [-0.15, -0.1) is 0 Å². The van der Waals surface area contributed by atoms with Gasteiger partial charge >= 0.3 is 11.9 Å². The molecule has 5 heteroatoms. The smallest absolute Gasteiger partial charge is 0.306 e. The molecule has 0 aliphatic rings. The molecule has 0 aliphatic heterocycles. The van der Waals surface area contributed by atoms with Gasteiger partial charge in [0.15, 0.2) is 0 Å². The van der Waals surface area contributed by atoms with Crippen LogP contribution in [-0.4, -0.2) is 49.2 Å². The molecule has 0 rings (SSSR count). The Hall–Kier alpha value is -1.10. The maximum atomic E-state index is 12.8. The first-order valence-corrected chi connectivity index (χ1v) is 23.1. The third-order valence-corrected chi connectivity index (χ3v) is 10.7. The van der Waals surface area contributed by atoms with Gasteiger partial charge in [-0.25, -0.2) is 0 Å². The average molecular weight is 722 g/mol. The first-order valence-electron chi connectivity index (χ1n) is 23.1. The van der Waals surface area contributed by atoms with Crippen LogP contribution in [0.4, 0.5) is 0 Å². The standard InChI is InChI=1S/C46H91NO4/c1-5-9-12-15-18-21-24-27-36-43-50-45(48)39-32-28-34-41-47(8-4)42-35-29-33-40-46(49)51-44(37-30-25-22-19-16-13-10-6-2)38-31-26-23-20-17-14-11-7-3/h44H,5-43H2,1-4H3. The Morgan fingerprint density at radius 2 is 0.765 bits per heavy atom. The second-order valence-electron chi connectivity index (χ2n) is 15.7. The summed E-state index contributed by atoms with van der Waals surface area (Å²) in [5.41, 5.74) is 0. The van der Waals surface area contributed by atoms with Crippen molar-refractivity contribution >= 4 is 11.9 Å². The Labute approximate surface area is 319 Å². The van der Waals surface area contributed by atoms with Crippen LogP contribution in [0.2, 0.25) is 0 Å². The van der Waals surface area contributed by atoms with Gasteiger partial charge in [0.25, 0.3) is 0 Å². The molecule has 0 bridgehead atoms. The van der Waals surface area contributed by atoms with Gasteiger partial charge in [0.1, 0.15) is 6.10 Å². The van der Waals surface area contributed by atoms with Gasteiger partial charge in [-0.2, -0.15) is 0 Å². The molecule has 0 amide bonds. The van der Waals surface area contributed by atoms with Crippen molar-refractivity contribution in [2.45, 2.75) is 259 Å². The number of esters is 2. The van der Waals surface area contributed by atoms with Gasteiger partial charge in [-0.1, -0.05) is 182 Å². The summed E-state index contributed by atoms with van der Waals surface area (Å²) < 4.78 is 11.5. The molecule has 0 spiro atoms. The minimum atomic E-state index is -0.0203. The van der Waals surface area contributed by atoms with E-state index < -0.39 is 0 Å². The van der Waals surface area contributed by atoms with Gasteiger partial charge in [0, 0.05) is 12.8 Å². The van der Waals surface area contributed by atoms with Crippen LogP contribution in [-0.2, 0) is 19.1 Å². The topological polar surface area (TPSA) is 55.8 Å². The van der Waals surface area contributed by atoms with Crippen molar-refractivity contribution in [3.8, 4) is 0 Å². The van der Waals surface area contributed by atoms with E-state index in [4.69, 9.17) is 9.47 Å². The molecular weight excluding hydrogens is 631 g/mol. The Bertz CT molecular complexity index is 693. The van der Waals surface area contributed by atoms with Crippen molar-refractivity contribution < 1.29 is 19.1 Å². The minimum absolute atomic E-state index is 0.0203. The van der Waals surface area contributed by atoms with Crippen molar-refractivity contribution in [3.05, 3.63) is 0 Å². The van der Waals surface area contributed by atoms with E-state index in [1.54, 1.807) is 0 Å². The number of carbonyl (C=O) groups is 2. The lowest BCUT2D eigenvalue weighted by atomic mass is 10.0. The summed E-state index contributed by atoms with van der Waals surface area (Å²) in [5.74, 6) is 0.00580. The summed E-state index contributed by atoms with van der Waals surface area (Å²) in [4.78, 5) is 27.4. The van der Waals surface area contributed by atoms with E-state index in [1.165, 1.54) is 154 Å². The lowest BCUT2D eigenvalue weighted by Crippen LogP contribution is -2.25. The van der Waals surface area contributed by atoms with Crippen molar-refractivity contribution in [3.63, 3.8) is 0 Å². The number of ether oxygens (including phenoxy) is 2. The average Bonchev–Trinajstić information content (AvgIpc) is 3.13. The summed E-state index contributed by atoms with van der Waals surface area (Å²) in [6, 6.07) is 0. The molecule has 0 saturated heterocycles. The molecule has 0 radical (unpaired) electrons. The molecule has 0 N–H and O–H groups in total. The minimum Gasteiger partial charge on any atom is -0.466 e. The Morgan fingerprint density at radius 3 is 1.18 bits per heavy atom. The fourth-order valence-corrected chi connectivity index (χ4v) is 7.18. The lowest BCUT2D eigenvalue weighted by molar-refractivity contribution is -0.150. The van der Waals surface area contributed by atoms with Gasteiger partial charge in [-0.3, -0.25) is 9.59 Å². The SMILES string of the molecule is CCCCCCCCCCCOC(=O)CCCCCN(CC)CCCCCC(=O)OC(CCCCCCCCCC)CCCCCCCCCC. The van der Waals surface area contributed by atoms with Gasteiger partial charge in [0.05, 0.1) is 6.61 Å². The van der Waals surface area contributed by atoms with Crippen LogP contribution < -0.4 is 0 Å². The quantitative estimate of drug-likeness (QED) is 0.0464. The molecule has 0 aromatic heterocycles. The zero-order valence-corrected chi connectivity index (χ0v) is 35.2. The highest BCUT2D eigenvalue weighted by atomic mass is 16.5. The molecule has 0 fully saturated rings. The first-order chi connectivity index (χ1) is 25.1. The molecule has 0 aliphatic carbocycles. The van der Waals surface area contributed by atoms with Crippen molar-refractivity contribution in [2.24, 2.45) is 0 Å². The van der Waals surface area contributed by atoms with E-state index >= 15 is 0 Å². The lowest BCUT2D eigenvalue weighted by Gasteiger charge is -2.20. The molecule has 51 heavy (non-hydrogen) atoms. The summed E-state index contributed by atoms with van der Waals surface area (Å²) in [7, 11) is 0. The largest absolute Gasteiger partial charge is 0.466 e. The van der Waals surface area contributed by atoms with E-state index in [0.29, 0.717) is 19.4 Å². The van der Waals surface area contributed by atoms with Crippen LogP contribution in [0, 0.1) is 0 Å². The summed E-state index contributed by atoms with van der Waals surface area (Å²) in [6.45, 7) is 12.9. The van der Waals surface area contributed by atoms with Gasteiger partial charge in [-0.05, 0) is 77.4 Å². The normalized spacial score (nSPS) is 11.6. The van der Waals surface area contributed by atoms with Crippen molar-refractivity contribution in [1.29, 1.82) is 0 Å². The fourth-order valence-electron chi connectivity index (χ4n) is 7.18. The van der Waals surface area contributed by atoms with Crippen LogP contribution in [0.25, 0.3) is 0 Å². The Morgan fingerprint density at radius 1 is 0.412 bits per heavy atom. The number of unbranched alkanes of at least 4 members (excludes halogenated alkanes) is 26. The second-order valence-corrected chi connectivity index (χ2v) is 15.7. The molecule has 304 valence electrons. The predicted molar refractivity (Wildman–Crippen MR) is 222 cm³/mol. The van der Waals surface area contributed by atoms with Crippen molar-refractivity contribution in [1.82, 2.24) is 4.90 Å². The molecule has 0 atom stereocenters. The van der Waals surface area contributed by atoms with Crippen LogP contribution in [0.1, 0.15) is 252 Å². The highest BCUT2D eigenvalue weighted by molar-refractivity contribution is 5.69. The fraction of sp³-hybridized carbons (Fsp3) is 0.957. The molecule has 0 saturated carbocycles. The predicted octanol–water partition coefficient (Wildman–Crippen LogP) is 14.5. The number of nitrogens with zero attached hydrogens (tertiary/aromatic N) is 1. The number of hydrogen-bond acceptors (Lipinski definition) is 5. The third-order valence-electron chi connectivity index (χ3n) is 10.7. The van der Waals surface area contributed by atoms with Crippen LogP contribution in [0.15, 0.2) is 0 Å². The van der Waals surface area contributed by atoms with Crippen molar-refractivity contribution in [2.75, 3.05) is 26.2 Å². The van der Waals surface area contributed by atoms with Gasteiger partial charge < -0.3 is 14.4 Å². The van der Waals surface area contributed by atoms with E-state index in [9.17, 15) is 9.59 Å². The molecule has 0 heterocycles. The monoisotopic (exact) mass is 722 g/mol. The summed E-state index contributed by atoms with van der Waals surface area (Å²) >= 11 is 0. The molecule has 0 aromatic carbocycles. The third kappa shape index (κ3) is 38.4. The number of carbonyl (C=O) groups excluding carboxylic acids is 2. The molecule has 0 aromatic rings. The van der Waals surface area contributed by atoms with Gasteiger partial charge in [0.2, 0.25) is 0 Å². The zero-order chi connectivity index (χ0) is 37.3. The maximum Gasteiger partial charge on any atom is 0.306 e. The summed E-state index contributed by atoms with van der Waals surface area (Å²) in [5, 5.41) is 0. The molecule has 0 unspecified atom stereocenters. The highest BCUT2D eigenvalue weighted by Gasteiger charge is 2.14. The number of rotatable bonds is 42. The maximum absolute atomic E-state index is 12.8. The first kappa shape index (κ1) is 49.9. The summed E-state index contributed by atoms with van der Waals surface area (Å²) in [6.07, 6.45) is 42.3. The number of hydrogen-bond donors (Lipinski definition) is 0. The molecule has 5 nitrogen and oxygen atoms in total. The second kappa shape index (κ2) is 41.7. The highest BCUT2D eigenvalue weighted by Crippen LogP contribution is 2.19. The molecular formula is C46H91NO4. The van der Waals surface area contributed by atoms with E-state index in [1.807, 2.05) is 0 Å². The Kier molecular flexibility index (Phi) is 40.8. The Balaban J connectivity index is 4.03. The van der Waals surface area contributed by atoms with Crippen LogP contribution >= 0.6 is 0 Å². The van der Waals surface area contributed by atoms with E-state index in [-0.39, 0.29) is 18.0 Å². The van der Waals surface area contributed by atoms with E-state index in [0.717, 1.165) is 77.4 Å². The zero-order valence-electron chi connectivity index (χ0n) is 35.2. The van der Waals surface area contributed by atoms with Crippen LogP contribution in [0.5, 0.6) is 0 Å². The van der Waals surface area contributed by atoms with Crippen LogP contribution in [0.3, 0.4) is 0 Å². The van der Waals surface area contributed by atoms with E-state index in [2.05, 4.69) is 32.6 Å².